The van der Waals surface area contributed by atoms with Gasteiger partial charge in [-0.05, 0) is 41.8 Å². The molecule has 1 aliphatic heterocycles. The highest BCUT2D eigenvalue weighted by atomic mass is 16.5. The Kier molecular flexibility index (Phi) is 5.16. The maximum Gasteiger partial charge on any atom is 0.123 e. The van der Waals surface area contributed by atoms with Gasteiger partial charge in [0.2, 0.25) is 0 Å². The van der Waals surface area contributed by atoms with Crippen LogP contribution in [0.3, 0.4) is 0 Å². The summed E-state index contributed by atoms with van der Waals surface area (Å²) in [6.45, 7) is 4.12. The molecule has 0 spiro atoms. The molecule has 0 saturated carbocycles. The van der Waals surface area contributed by atoms with Gasteiger partial charge in [0.1, 0.15) is 24.2 Å². The molecule has 1 atom stereocenters. The molecule has 2 N–H and O–H groups in total. The molecular formula is C19H23NO3. The first kappa shape index (κ1) is 15.8. The van der Waals surface area contributed by atoms with Gasteiger partial charge in [-0.15, -0.1) is 0 Å². The second-order valence-corrected chi connectivity index (χ2v) is 5.89. The van der Waals surface area contributed by atoms with Gasteiger partial charge in [0.25, 0.3) is 0 Å². The highest BCUT2D eigenvalue weighted by Crippen LogP contribution is 2.29. The summed E-state index contributed by atoms with van der Waals surface area (Å²) in [5.41, 5.74) is 3.80. The van der Waals surface area contributed by atoms with Crippen LogP contribution in [0.25, 0.3) is 0 Å². The molecule has 1 aliphatic rings. The van der Waals surface area contributed by atoms with Crippen LogP contribution in [0, 0.1) is 0 Å². The van der Waals surface area contributed by atoms with Crippen LogP contribution in [0.4, 0.5) is 0 Å². The molecule has 0 aliphatic carbocycles. The molecule has 3 rings (SSSR count). The lowest BCUT2D eigenvalue weighted by Gasteiger charge is -2.08. The van der Waals surface area contributed by atoms with E-state index in [1.54, 1.807) is 0 Å². The van der Waals surface area contributed by atoms with Crippen molar-refractivity contribution in [3.63, 3.8) is 0 Å². The average molecular weight is 313 g/mol. The van der Waals surface area contributed by atoms with E-state index < -0.39 is 0 Å². The Morgan fingerprint density at radius 1 is 1.13 bits per heavy atom. The van der Waals surface area contributed by atoms with Crippen LogP contribution in [0.5, 0.6) is 11.5 Å². The number of hydrogen-bond donors (Lipinski definition) is 2. The van der Waals surface area contributed by atoms with Crippen LogP contribution < -0.4 is 14.8 Å². The smallest absolute Gasteiger partial charge is 0.123 e. The van der Waals surface area contributed by atoms with Crippen molar-refractivity contribution in [2.75, 3.05) is 13.2 Å². The number of nitrogens with one attached hydrogen (secondary N) is 1. The van der Waals surface area contributed by atoms with Gasteiger partial charge in [0.05, 0.1) is 6.61 Å². The molecule has 23 heavy (non-hydrogen) atoms. The minimum atomic E-state index is 0.0356. The second kappa shape index (κ2) is 7.49. The minimum Gasteiger partial charge on any atom is -0.491 e. The first-order valence-electron chi connectivity index (χ1n) is 8.06. The number of ether oxygens (including phenoxy) is 2. The molecule has 122 valence electrons. The zero-order chi connectivity index (χ0) is 16.1. The summed E-state index contributed by atoms with van der Waals surface area (Å²) >= 11 is 0. The summed E-state index contributed by atoms with van der Waals surface area (Å²) in [4.78, 5) is 0. The summed E-state index contributed by atoms with van der Waals surface area (Å²) in [6, 6.07) is 14.4. The lowest BCUT2D eigenvalue weighted by Crippen LogP contribution is -2.12. The number of aliphatic hydroxyl groups is 1. The van der Waals surface area contributed by atoms with Crippen molar-refractivity contribution in [2.24, 2.45) is 0 Å². The van der Waals surface area contributed by atoms with Crippen molar-refractivity contribution in [3.05, 3.63) is 59.2 Å². The number of benzene rings is 2. The molecule has 0 aromatic heterocycles. The molecule has 0 amide bonds. The van der Waals surface area contributed by atoms with Crippen molar-refractivity contribution >= 4 is 0 Å². The molecule has 2 aromatic carbocycles. The van der Waals surface area contributed by atoms with E-state index in [1.807, 2.05) is 24.3 Å². The van der Waals surface area contributed by atoms with E-state index in [9.17, 15) is 0 Å². The largest absolute Gasteiger partial charge is 0.491 e. The van der Waals surface area contributed by atoms with E-state index >= 15 is 0 Å². The van der Waals surface area contributed by atoms with Gasteiger partial charge in [-0.3, -0.25) is 0 Å². The van der Waals surface area contributed by atoms with E-state index in [2.05, 4.69) is 30.4 Å². The highest BCUT2D eigenvalue weighted by Gasteiger charge is 2.18. The Labute approximate surface area is 137 Å². The molecular weight excluding hydrogens is 290 g/mol. The Morgan fingerprint density at radius 2 is 1.87 bits per heavy atom. The number of hydrogen-bond acceptors (Lipinski definition) is 4. The van der Waals surface area contributed by atoms with Crippen molar-refractivity contribution < 1.29 is 14.6 Å². The van der Waals surface area contributed by atoms with Crippen LogP contribution in [0.15, 0.2) is 42.5 Å². The highest BCUT2D eigenvalue weighted by molar-refractivity contribution is 5.40. The third-order valence-corrected chi connectivity index (χ3v) is 3.90. The Morgan fingerprint density at radius 3 is 2.65 bits per heavy atom. The van der Waals surface area contributed by atoms with E-state index in [0.29, 0.717) is 12.7 Å². The third-order valence-electron chi connectivity index (χ3n) is 3.90. The average Bonchev–Trinajstić information content (AvgIpc) is 2.93. The monoisotopic (exact) mass is 313 g/mol. The quantitative estimate of drug-likeness (QED) is 0.825. The maximum atomic E-state index is 8.74. The van der Waals surface area contributed by atoms with Crippen LogP contribution in [0.2, 0.25) is 0 Å². The van der Waals surface area contributed by atoms with E-state index in [0.717, 1.165) is 31.0 Å². The van der Waals surface area contributed by atoms with Crippen LogP contribution in [-0.2, 0) is 19.5 Å². The fourth-order valence-corrected chi connectivity index (χ4v) is 2.80. The fraction of sp³-hybridized carbons (Fsp3) is 0.368. The summed E-state index contributed by atoms with van der Waals surface area (Å²) in [5.74, 6) is 1.82. The van der Waals surface area contributed by atoms with Gasteiger partial charge >= 0.3 is 0 Å². The molecule has 0 fully saturated rings. The zero-order valence-electron chi connectivity index (χ0n) is 13.4. The van der Waals surface area contributed by atoms with Gasteiger partial charge in [-0.25, -0.2) is 0 Å². The molecule has 0 unspecified atom stereocenters. The number of rotatable bonds is 7. The molecule has 0 bridgehead atoms. The van der Waals surface area contributed by atoms with Crippen LogP contribution >= 0.6 is 0 Å². The van der Waals surface area contributed by atoms with Gasteiger partial charge in [0.15, 0.2) is 0 Å². The maximum absolute atomic E-state index is 8.74. The van der Waals surface area contributed by atoms with E-state index in [1.165, 1.54) is 16.7 Å². The summed E-state index contributed by atoms with van der Waals surface area (Å²) in [6.07, 6.45) is 1.29. The molecule has 1 heterocycles. The lowest BCUT2D eigenvalue weighted by atomic mass is 10.1. The minimum absolute atomic E-state index is 0.0356. The lowest BCUT2D eigenvalue weighted by molar-refractivity contribution is 0.201. The van der Waals surface area contributed by atoms with E-state index in [4.69, 9.17) is 14.6 Å². The zero-order valence-corrected chi connectivity index (χ0v) is 13.4. The van der Waals surface area contributed by atoms with Gasteiger partial charge in [-0.1, -0.05) is 24.3 Å². The number of aliphatic hydroxyl groups excluding tert-OH is 1. The SMILES string of the molecule is C[C@H]1Cc2cc(CNCc3ccc(OCCO)cc3)ccc2O1. The predicted octanol–water partition coefficient (Wildman–Crippen LogP) is 2.67. The second-order valence-electron chi connectivity index (χ2n) is 5.89. The topological polar surface area (TPSA) is 50.7 Å². The first-order chi connectivity index (χ1) is 11.2. The fourth-order valence-electron chi connectivity index (χ4n) is 2.80. The Balaban J connectivity index is 1.49. The predicted molar refractivity (Wildman–Crippen MR) is 89.8 cm³/mol. The Hall–Kier alpha value is -2.04. The normalized spacial score (nSPS) is 16.0. The van der Waals surface area contributed by atoms with Gasteiger partial charge < -0.3 is 19.9 Å². The standard InChI is InChI=1S/C19H23NO3/c1-14-10-17-11-16(4-7-19(17)23-14)13-20-12-15-2-5-18(6-3-15)22-9-8-21/h2-7,11,14,20-21H,8-10,12-13H2,1H3/t14-/m0/s1. The molecule has 0 radical (unpaired) electrons. The van der Waals surface area contributed by atoms with Crippen molar-refractivity contribution in [1.82, 2.24) is 5.32 Å². The molecule has 4 heteroatoms. The van der Waals surface area contributed by atoms with Crippen LogP contribution in [0.1, 0.15) is 23.6 Å². The number of fused-ring (bicyclic) bond motifs is 1. The third kappa shape index (κ3) is 4.24. The molecule has 0 saturated heterocycles. The Bertz CT molecular complexity index is 640. The van der Waals surface area contributed by atoms with Crippen molar-refractivity contribution in [3.8, 4) is 11.5 Å². The van der Waals surface area contributed by atoms with Gasteiger partial charge in [-0.2, -0.15) is 0 Å². The van der Waals surface area contributed by atoms with Crippen molar-refractivity contribution in [2.45, 2.75) is 32.5 Å². The first-order valence-corrected chi connectivity index (χ1v) is 8.06. The summed E-state index contributed by atoms with van der Waals surface area (Å²) < 4.78 is 11.1. The van der Waals surface area contributed by atoms with E-state index in [-0.39, 0.29) is 6.61 Å². The van der Waals surface area contributed by atoms with Gasteiger partial charge in [0, 0.05) is 19.5 Å². The van der Waals surface area contributed by atoms with Crippen molar-refractivity contribution in [1.29, 1.82) is 0 Å². The van der Waals surface area contributed by atoms with Crippen LogP contribution in [-0.4, -0.2) is 24.4 Å². The molecule has 4 nitrogen and oxygen atoms in total. The summed E-state index contributed by atoms with van der Waals surface area (Å²) in [5, 5.41) is 12.2. The summed E-state index contributed by atoms with van der Waals surface area (Å²) in [7, 11) is 0. The molecule has 2 aromatic rings.